The van der Waals surface area contributed by atoms with Crippen molar-refractivity contribution in [2.24, 2.45) is 0 Å². The van der Waals surface area contributed by atoms with Crippen molar-refractivity contribution in [1.29, 1.82) is 0 Å². The smallest absolute Gasteiger partial charge is 0.169 e. The molecule has 0 spiro atoms. The fourth-order valence-electron chi connectivity index (χ4n) is 2.02. The molecule has 1 saturated heterocycles. The van der Waals surface area contributed by atoms with Gasteiger partial charge in [-0.05, 0) is 44.8 Å². The lowest BCUT2D eigenvalue weighted by Gasteiger charge is -2.37. The SMILES string of the molecule is C=C(C)CNC(=S)N1CCCC[C@@H]1CC. The van der Waals surface area contributed by atoms with Crippen LogP contribution in [-0.4, -0.2) is 29.1 Å². The van der Waals surface area contributed by atoms with E-state index in [1.54, 1.807) is 0 Å². The van der Waals surface area contributed by atoms with Gasteiger partial charge in [0, 0.05) is 19.1 Å². The second-order valence-corrected chi connectivity index (χ2v) is 4.75. The van der Waals surface area contributed by atoms with Crippen LogP contribution in [0.25, 0.3) is 0 Å². The average molecular weight is 226 g/mol. The van der Waals surface area contributed by atoms with Crippen molar-refractivity contribution in [2.75, 3.05) is 13.1 Å². The van der Waals surface area contributed by atoms with Crippen LogP contribution in [0.5, 0.6) is 0 Å². The molecule has 0 aromatic carbocycles. The maximum atomic E-state index is 5.41. The van der Waals surface area contributed by atoms with E-state index < -0.39 is 0 Å². The molecule has 3 heteroatoms. The Morgan fingerprint density at radius 3 is 2.87 bits per heavy atom. The van der Waals surface area contributed by atoms with Gasteiger partial charge in [0.25, 0.3) is 0 Å². The van der Waals surface area contributed by atoms with Crippen molar-refractivity contribution < 1.29 is 0 Å². The first-order chi connectivity index (χ1) is 7.15. The van der Waals surface area contributed by atoms with Gasteiger partial charge in [0.2, 0.25) is 0 Å². The first-order valence-corrected chi connectivity index (χ1v) is 6.24. The van der Waals surface area contributed by atoms with Crippen LogP contribution in [0.3, 0.4) is 0 Å². The topological polar surface area (TPSA) is 15.3 Å². The van der Waals surface area contributed by atoms with Crippen molar-refractivity contribution in [3.8, 4) is 0 Å². The number of rotatable bonds is 3. The minimum atomic E-state index is 0.642. The lowest BCUT2D eigenvalue weighted by atomic mass is 10.0. The number of likely N-dealkylation sites (tertiary alicyclic amines) is 1. The molecule has 0 saturated carbocycles. The van der Waals surface area contributed by atoms with Gasteiger partial charge < -0.3 is 10.2 Å². The van der Waals surface area contributed by atoms with Crippen molar-refractivity contribution in [3.05, 3.63) is 12.2 Å². The summed E-state index contributed by atoms with van der Waals surface area (Å²) in [6, 6.07) is 0.642. The zero-order valence-corrected chi connectivity index (χ0v) is 10.7. The summed E-state index contributed by atoms with van der Waals surface area (Å²) in [7, 11) is 0. The summed E-state index contributed by atoms with van der Waals surface area (Å²) in [6.45, 7) is 10.0. The highest BCUT2D eigenvalue weighted by Gasteiger charge is 2.22. The van der Waals surface area contributed by atoms with Gasteiger partial charge in [0.15, 0.2) is 5.11 Å². The fraction of sp³-hybridized carbons (Fsp3) is 0.750. The molecular weight excluding hydrogens is 204 g/mol. The van der Waals surface area contributed by atoms with Gasteiger partial charge >= 0.3 is 0 Å². The Bertz CT molecular complexity index is 238. The first kappa shape index (κ1) is 12.5. The van der Waals surface area contributed by atoms with Crippen LogP contribution in [0.15, 0.2) is 12.2 Å². The summed E-state index contributed by atoms with van der Waals surface area (Å²) in [6.07, 6.45) is 5.09. The minimum absolute atomic E-state index is 0.642. The van der Waals surface area contributed by atoms with Crippen LogP contribution in [0, 0.1) is 0 Å². The first-order valence-electron chi connectivity index (χ1n) is 5.84. The zero-order valence-electron chi connectivity index (χ0n) is 9.88. The molecule has 0 aliphatic carbocycles. The summed E-state index contributed by atoms with van der Waals surface area (Å²) in [5.74, 6) is 0. The Kier molecular flexibility index (Phi) is 5.09. The summed E-state index contributed by atoms with van der Waals surface area (Å²) < 4.78 is 0. The molecule has 0 aromatic rings. The molecule has 1 aliphatic rings. The van der Waals surface area contributed by atoms with E-state index in [1.165, 1.54) is 25.7 Å². The molecule has 1 rings (SSSR count). The van der Waals surface area contributed by atoms with E-state index in [1.807, 2.05) is 6.92 Å². The molecule has 0 amide bonds. The molecule has 2 nitrogen and oxygen atoms in total. The summed E-state index contributed by atoms with van der Waals surface area (Å²) >= 11 is 5.41. The third-order valence-corrected chi connectivity index (χ3v) is 3.28. The number of hydrogen-bond acceptors (Lipinski definition) is 1. The van der Waals surface area contributed by atoms with E-state index in [2.05, 4.69) is 23.7 Å². The van der Waals surface area contributed by atoms with E-state index in [-0.39, 0.29) is 0 Å². The van der Waals surface area contributed by atoms with Crippen molar-refractivity contribution >= 4 is 17.3 Å². The third-order valence-electron chi connectivity index (χ3n) is 2.90. The van der Waals surface area contributed by atoms with Crippen LogP contribution < -0.4 is 5.32 Å². The maximum Gasteiger partial charge on any atom is 0.169 e. The highest BCUT2D eigenvalue weighted by Crippen LogP contribution is 2.19. The van der Waals surface area contributed by atoms with Gasteiger partial charge in [-0.15, -0.1) is 0 Å². The van der Waals surface area contributed by atoms with Crippen LogP contribution >= 0.6 is 12.2 Å². The normalized spacial score (nSPS) is 21.2. The van der Waals surface area contributed by atoms with Gasteiger partial charge in [-0.25, -0.2) is 0 Å². The molecule has 0 bridgehead atoms. The average Bonchev–Trinajstić information content (AvgIpc) is 2.25. The summed E-state index contributed by atoms with van der Waals surface area (Å²) in [5.41, 5.74) is 1.13. The molecule has 1 atom stereocenters. The van der Waals surface area contributed by atoms with Crippen LogP contribution in [0.4, 0.5) is 0 Å². The van der Waals surface area contributed by atoms with E-state index in [0.717, 1.165) is 23.8 Å². The number of hydrogen-bond donors (Lipinski definition) is 1. The largest absolute Gasteiger partial charge is 0.359 e. The van der Waals surface area contributed by atoms with Crippen LogP contribution in [-0.2, 0) is 0 Å². The molecule has 86 valence electrons. The molecule has 15 heavy (non-hydrogen) atoms. The number of thiocarbonyl (C=S) groups is 1. The minimum Gasteiger partial charge on any atom is -0.359 e. The molecular formula is C12H22N2S. The van der Waals surface area contributed by atoms with Crippen LogP contribution in [0.2, 0.25) is 0 Å². The second kappa shape index (κ2) is 6.11. The van der Waals surface area contributed by atoms with Crippen molar-refractivity contribution in [1.82, 2.24) is 10.2 Å². The van der Waals surface area contributed by atoms with E-state index in [0.29, 0.717) is 6.04 Å². The van der Waals surface area contributed by atoms with E-state index >= 15 is 0 Å². The monoisotopic (exact) mass is 226 g/mol. The number of piperidine rings is 1. The Labute approximate surface area is 98.7 Å². The molecule has 1 fully saturated rings. The predicted octanol–water partition coefficient (Wildman–Crippen LogP) is 2.70. The number of nitrogens with zero attached hydrogens (tertiary/aromatic N) is 1. The molecule has 1 aliphatic heterocycles. The lowest BCUT2D eigenvalue weighted by molar-refractivity contribution is 0.233. The molecule has 0 aromatic heterocycles. The van der Waals surface area contributed by atoms with Gasteiger partial charge in [-0.2, -0.15) is 0 Å². The van der Waals surface area contributed by atoms with Gasteiger partial charge in [0.05, 0.1) is 0 Å². The quantitative estimate of drug-likeness (QED) is 0.588. The Hall–Kier alpha value is -0.570. The molecule has 0 unspecified atom stereocenters. The lowest BCUT2D eigenvalue weighted by Crippen LogP contribution is -2.48. The van der Waals surface area contributed by atoms with E-state index in [9.17, 15) is 0 Å². The highest BCUT2D eigenvalue weighted by molar-refractivity contribution is 7.80. The third kappa shape index (κ3) is 3.82. The molecule has 1 N–H and O–H groups in total. The second-order valence-electron chi connectivity index (χ2n) is 4.37. The van der Waals surface area contributed by atoms with Crippen molar-refractivity contribution in [2.45, 2.75) is 45.6 Å². The Morgan fingerprint density at radius 2 is 2.27 bits per heavy atom. The summed E-state index contributed by atoms with van der Waals surface area (Å²) in [4.78, 5) is 2.35. The van der Waals surface area contributed by atoms with Crippen molar-refractivity contribution in [3.63, 3.8) is 0 Å². The van der Waals surface area contributed by atoms with Gasteiger partial charge in [-0.1, -0.05) is 19.1 Å². The summed E-state index contributed by atoms with van der Waals surface area (Å²) in [5, 5.41) is 4.18. The van der Waals surface area contributed by atoms with Gasteiger partial charge in [-0.3, -0.25) is 0 Å². The highest BCUT2D eigenvalue weighted by atomic mass is 32.1. The standard InChI is InChI=1S/C12H22N2S/c1-4-11-7-5-6-8-14(11)12(15)13-9-10(2)3/h11H,2,4-9H2,1,3H3,(H,13,15)/t11-/m0/s1. The zero-order chi connectivity index (χ0) is 11.3. The van der Waals surface area contributed by atoms with Gasteiger partial charge in [0.1, 0.15) is 0 Å². The molecule has 1 heterocycles. The Balaban J connectivity index is 2.44. The van der Waals surface area contributed by atoms with E-state index in [4.69, 9.17) is 12.2 Å². The van der Waals surface area contributed by atoms with Crippen LogP contribution in [0.1, 0.15) is 39.5 Å². The fourth-order valence-corrected chi connectivity index (χ4v) is 2.33. The number of nitrogens with one attached hydrogen (secondary N) is 1. The predicted molar refractivity (Wildman–Crippen MR) is 70.1 cm³/mol. The Morgan fingerprint density at radius 1 is 1.53 bits per heavy atom. The molecule has 0 radical (unpaired) electrons. The maximum absolute atomic E-state index is 5.41.